The maximum absolute atomic E-state index is 12.9. The summed E-state index contributed by atoms with van der Waals surface area (Å²) in [6.45, 7) is 2.64. The third-order valence-corrected chi connectivity index (χ3v) is 9.12. The van der Waals surface area contributed by atoms with Crippen molar-refractivity contribution >= 4 is 22.9 Å². The first-order chi connectivity index (χ1) is 21.2. The molecular weight excluding hydrogens is 571 g/mol. The smallest absolute Gasteiger partial charge is 0.372 e. The van der Waals surface area contributed by atoms with Crippen molar-refractivity contribution in [3.8, 4) is 0 Å². The van der Waals surface area contributed by atoms with Crippen molar-refractivity contribution in [2.75, 3.05) is 26.2 Å². The Bertz CT molecular complexity index is 1530. The summed E-state index contributed by atoms with van der Waals surface area (Å²) in [6.07, 6.45) is 4.40. The fraction of sp³-hybridized carbons (Fsp3) is 0.515. The van der Waals surface area contributed by atoms with Gasteiger partial charge in [0, 0.05) is 49.7 Å². The van der Waals surface area contributed by atoms with E-state index in [0.717, 1.165) is 61.9 Å². The standard InChI is InChI=1S/C33H38F3N5O3/c34-33(35,36)14-10-30(43)40-20-11-24(12-21-40)27-2-1-19-41-31(27)38-29(39-41)22-23-3-5-25(6-4-23)28(42)8-7-26-9-13-32(44-26)15-17-37-18-16-32/h1-6,11,19,26,37H,7-10,12-18,20-22H2. The van der Waals surface area contributed by atoms with Crippen molar-refractivity contribution in [1.82, 2.24) is 24.8 Å². The number of pyridine rings is 1. The van der Waals surface area contributed by atoms with Crippen LogP contribution < -0.4 is 5.32 Å². The number of carbonyl (C=O) groups is 2. The van der Waals surface area contributed by atoms with E-state index < -0.39 is 24.9 Å². The van der Waals surface area contributed by atoms with E-state index in [1.165, 1.54) is 4.90 Å². The number of nitrogens with zero attached hydrogens (tertiary/aromatic N) is 4. The summed E-state index contributed by atoms with van der Waals surface area (Å²) in [5.74, 6) is 0.284. The number of alkyl halides is 3. The van der Waals surface area contributed by atoms with Gasteiger partial charge >= 0.3 is 6.18 Å². The highest BCUT2D eigenvalue weighted by atomic mass is 19.4. The van der Waals surface area contributed by atoms with Crippen LogP contribution in [0.3, 0.4) is 0 Å². The number of benzene rings is 1. The van der Waals surface area contributed by atoms with Crippen LogP contribution in [-0.2, 0) is 16.0 Å². The van der Waals surface area contributed by atoms with Gasteiger partial charge in [0.25, 0.3) is 0 Å². The number of aromatic nitrogens is 3. The molecule has 1 atom stereocenters. The number of amides is 1. The molecule has 1 amide bonds. The molecule has 3 aliphatic rings. The maximum Gasteiger partial charge on any atom is 0.389 e. The van der Waals surface area contributed by atoms with Gasteiger partial charge in [-0.3, -0.25) is 9.59 Å². The van der Waals surface area contributed by atoms with Crippen molar-refractivity contribution < 1.29 is 27.5 Å². The van der Waals surface area contributed by atoms with Gasteiger partial charge in [-0.15, -0.1) is 0 Å². The number of Topliss-reactive ketones (excluding diaryl/α,β-unsaturated/α-hetero) is 1. The Morgan fingerprint density at radius 2 is 1.86 bits per heavy atom. The van der Waals surface area contributed by atoms with Gasteiger partial charge in [-0.05, 0) is 74.9 Å². The molecule has 0 saturated carbocycles. The molecule has 2 aromatic heterocycles. The summed E-state index contributed by atoms with van der Waals surface area (Å²) in [6, 6.07) is 11.5. The number of halogens is 3. The summed E-state index contributed by atoms with van der Waals surface area (Å²) >= 11 is 0. The van der Waals surface area contributed by atoms with E-state index in [2.05, 4.69) is 10.4 Å². The van der Waals surface area contributed by atoms with Crippen LogP contribution in [0.25, 0.3) is 11.2 Å². The van der Waals surface area contributed by atoms with Gasteiger partial charge in [-0.25, -0.2) is 9.50 Å². The van der Waals surface area contributed by atoms with Crippen LogP contribution in [0.15, 0.2) is 48.7 Å². The number of ketones is 1. The minimum atomic E-state index is -4.34. The van der Waals surface area contributed by atoms with E-state index in [1.54, 1.807) is 4.52 Å². The zero-order valence-electron chi connectivity index (χ0n) is 24.7. The number of hydrogen-bond donors (Lipinski definition) is 1. The fourth-order valence-corrected chi connectivity index (χ4v) is 6.60. The first-order valence-corrected chi connectivity index (χ1v) is 15.6. The molecule has 44 heavy (non-hydrogen) atoms. The molecule has 234 valence electrons. The Kier molecular flexibility index (Phi) is 8.87. The Morgan fingerprint density at radius 3 is 2.59 bits per heavy atom. The highest BCUT2D eigenvalue weighted by Crippen LogP contribution is 2.38. The molecule has 0 radical (unpaired) electrons. The number of rotatable bonds is 9. The SMILES string of the molecule is O=C(CCC1CCC2(CCNCC2)O1)c1ccc(Cc2nc3c(C4=CCN(C(=O)CCC(F)(F)F)CC4)cccn3n2)cc1. The average molecular weight is 610 g/mol. The summed E-state index contributed by atoms with van der Waals surface area (Å²) in [5.41, 5.74) is 4.29. The van der Waals surface area contributed by atoms with Gasteiger partial charge in [-0.1, -0.05) is 30.3 Å². The first-order valence-electron chi connectivity index (χ1n) is 15.6. The number of hydrogen-bond acceptors (Lipinski definition) is 6. The van der Waals surface area contributed by atoms with Gasteiger partial charge in [-0.2, -0.15) is 18.3 Å². The number of fused-ring (bicyclic) bond motifs is 1. The highest BCUT2D eigenvalue weighted by molar-refractivity contribution is 5.96. The second-order valence-electron chi connectivity index (χ2n) is 12.2. The molecule has 0 bridgehead atoms. The van der Waals surface area contributed by atoms with E-state index >= 15 is 0 Å². The van der Waals surface area contributed by atoms with Gasteiger partial charge in [0.2, 0.25) is 5.91 Å². The molecule has 5 heterocycles. The molecule has 1 spiro atoms. The van der Waals surface area contributed by atoms with Gasteiger partial charge in [0.05, 0.1) is 18.1 Å². The lowest BCUT2D eigenvalue weighted by Crippen LogP contribution is -2.41. The van der Waals surface area contributed by atoms with Crippen LogP contribution in [0, 0.1) is 0 Å². The predicted octanol–water partition coefficient (Wildman–Crippen LogP) is 5.54. The quantitative estimate of drug-likeness (QED) is 0.321. The normalized spacial score (nSPS) is 20.3. The molecule has 6 rings (SSSR count). The van der Waals surface area contributed by atoms with Gasteiger partial charge < -0.3 is 15.0 Å². The van der Waals surface area contributed by atoms with Crippen molar-refractivity contribution in [2.24, 2.45) is 0 Å². The molecule has 2 fully saturated rings. The molecule has 3 aliphatic heterocycles. The van der Waals surface area contributed by atoms with Crippen LogP contribution in [0.4, 0.5) is 13.2 Å². The largest absolute Gasteiger partial charge is 0.389 e. The minimum Gasteiger partial charge on any atom is -0.372 e. The number of nitrogens with one attached hydrogen (secondary N) is 1. The lowest BCUT2D eigenvalue weighted by molar-refractivity contribution is -0.148. The first kappa shape index (κ1) is 30.5. The van der Waals surface area contributed by atoms with Crippen molar-refractivity contribution in [3.63, 3.8) is 0 Å². The molecule has 11 heteroatoms. The summed E-state index contributed by atoms with van der Waals surface area (Å²) in [4.78, 5) is 31.4. The van der Waals surface area contributed by atoms with Crippen molar-refractivity contribution in [3.05, 3.63) is 71.2 Å². The van der Waals surface area contributed by atoms with E-state index in [-0.39, 0.29) is 24.0 Å². The minimum absolute atomic E-state index is 0.0184. The second kappa shape index (κ2) is 12.8. The molecule has 2 saturated heterocycles. The van der Waals surface area contributed by atoms with E-state index in [0.29, 0.717) is 42.8 Å². The summed E-state index contributed by atoms with van der Waals surface area (Å²) < 4.78 is 45.7. The Balaban J connectivity index is 1.04. The van der Waals surface area contributed by atoms with Crippen LogP contribution in [0.2, 0.25) is 0 Å². The van der Waals surface area contributed by atoms with Crippen molar-refractivity contribution in [2.45, 2.75) is 82.1 Å². The van der Waals surface area contributed by atoms with Gasteiger partial charge in [0.1, 0.15) is 0 Å². The number of ether oxygens (including phenoxy) is 1. The molecule has 1 aromatic carbocycles. The Morgan fingerprint density at radius 1 is 1.07 bits per heavy atom. The lowest BCUT2D eigenvalue weighted by atomic mass is 9.89. The third-order valence-electron chi connectivity index (χ3n) is 9.12. The fourth-order valence-electron chi connectivity index (χ4n) is 6.60. The average Bonchev–Trinajstić information content (AvgIpc) is 3.62. The van der Waals surface area contributed by atoms with Crippen LogP contribution >= 0.6 is 0 Å². The predicted molar refractivity (Wildman–Crippen MR) is 159 cm³/mol. The molecule has 8 nitrogen and oxygen atoms in total. The molecular formula is C33H38F3N5O3. The third kappa shape index (κ3) is 7.21. The zero-order valence-corrected chi connectivity index (χ0v) is 24.7. The Labute approximate surface area is 254 Å². The highest BCUT2D eigenvalue weighted by Gasteiger charge is 2.40. The lowest BCUT2D eigenvalue weighted by Gasteiger charge is -2.33. The maximum atomic E-state index is 12.9. The molecule has 1 N–H and O–H groups in total. The van der Waals surface area contributed by atoms with Crippen LogP contribution in [-0.4, -0.2) is 75.2 Å². The molecule has 1 unspecified atom stereocenters. The second-order valence-corrected chi connectivity index (χ2v) is 12.2. The number of piperidine rings is 1. The molecule has 0 aliphatic carbocycles. The van der Waals surface area contributed by atoms with Gasteiger partial charge in [0.15, 0.2) is 17.3 Å². The van der Waals surface area contributed by atoms with E-state index in [9.17, 15) is 22.8 Å². The van der Waals surface area contributed by atoms with E-state index in [1.807, 2.05) is 48.7 Å². The summed E-state index contributed by atoms with van der Waals surface area (Å²) in [7, 11) is 0. The topological polar surface area (TPSA) is 88.8 Å². The summed E-state index contributed by atoms with van der Waals surface area (Å²) in [5, 5.41) is 8.04. The van der Waals surface area contributed by atoms with E-state index in [4.69, 9.17) is 9.72 Å². The number of carbonyl (C=O) groups excluding carboxylic acids is 2. The van der Waals surface area contributed by atoms with Crippen LogP contribution in [0.1, 0.15) is 85.1 Å². The van der Waals surface area contributed by atoms with Crippen molar-refractivity contribution in [1.29, 1.82) is 0 Å². The zero-order chi connectivity index (χ0) is 30.7. The monoisotopic (exact) mass is 609 g/mol. The van der Waals surface area contributed by atoms with Crippen LogP contribution in [0.5, 0.6) is 0 Å². The Hall–Kier alpha value is -3.57. The molecule has 3 aromatic rings.